The van der Waals surface area contributed by atoms with E-state index in [0.29, 0.717) is 6.42 Å². The first-order valence-electron chi connectivity index (χ1n) is 3.93. The van der Waals surface area contributed by atoms with E-state index in [9.17, 15) is 9.90 Å². The summed E-state index contributed by atoms with van der Waals surface area (Å²) in [5.74, 6) is 0.311. The molecule has 0 heterocycles. The third-order valence-electron chi connectivity index (χ3n) is 2.12. The molecule has 0 unspecified atom stereocenters. The van der Waals surface area contributed by atoms with Gasteiger partial charge >= 0.3 is 0 Å². The largest absolute Gasteiger partial charge is 0.390 e. The monoisotopic (exact) mass is 154 g/mol. The molecule has 62 valence electrons. The molecule has 0 spiro atoms. The number of rotatable bonds is 1. The van der Waals surface area contributed by atoms with E-state index in [1.54, 1.807) is 19.9 Å². The Kier molecular flexibility index (Phi) is 2.14. The summed E-state index contributed by atoms with van der Waals surface area (Å²) in [5, 5.41) is 9.57. The lowest BCUT2D eigenvalue weighted by Gasteiger charge is -2.28. The molecule has 0 aliphatic heterocycles. The first kappa shape index (κ1) is 8.47. The molecule has 0 bridgehead atoms. The third-order valence-corrected chi connectivity index (χ3v) is 2.12. The Labute approximate surface area is 66.9 Å². The van der Waals surface area contributed by atoms with Gasteiger partial charge in [0.25, 0.3) is 0 Å². The van der Waals surface area contributed by atoms with Crippen molar-refractivity contribution in [2.24, 2.45) is 5.92 Å². The van der Waals surface area contributed by atoms with Crippen molar-refractivity contribution in [1.29, 1.82) is 0 Å². The van der Waals surface area contributed by atoms with Gasteiger partial charge in [-0.2, -0.15) is 0 Å². The van der Waals surface area contributed by atoms with Crippen LogP contribution < -0.4 is 0 Å². The second kappa shape index (κ2) is 2.78. The minimum absolute atomic E-state index is 0.139. The van der Waals surface area contributed by atoms with Gasteiger partial charge in [0, 0.05) is 12.3 Å². The highest BCUT2D eigenvalue weighted by molar-refractivity contribution is 5.90. The van der Waals surface area contributed by atoms with Crippen molar-refractivity contribution in [1.82, 2.24) is 0 Å². The van der Waals surface area contributed by atoms with Gasteiger partial charge in [0.2, 0.25) is 0 Å². The van der Waals surface area contributed by atoms with Gasteiger partial charge in [-0.1, -0.05) is 6.08 Å². The normalized spacial score (nSPS) is 25.7. The predicted molar refractivity (Wildman–Crippen MR) is 43.2 cm³/mol. The Hall–Kier alpha value is -0.630. The summed E-state index contributed by atoms with van der Waals surface area (Å²) in [6.07, 6.45) is 4.74. The molecule has 1 rings (SSSR count). The smallest absolute Gasteiger partial charge is 0.155 e. The van der Waals surface area contributed by atoms with Crippen molar-refractivity contribution in [2.75, 3.05) is 0 Å². The first-order valence-corrected chi connectivity index (χ1v) is 3.93. The van der Waals surface area contributed by atoms with Gasteiger partial charge in [-0.3, -0.25) is 4.79 Å². The number of carbonyl (C=O) groups excluding carboxylic acids is 1. The lowest BCUT2D eigenvalue weighted by Crippen LogP contribution is -2.31. The summed E-state index contributed by atoms with van der Waals surface area (Å²) in [7, 11) is 0. The van der Waals surface area contributed by atoms with E-state index in [4.69, 9.17) is 0 Å². The van der Waals surface area contributed by atoms with Crippen LogP contribution in [0.25, 0.3) is 0 Å². The number of aliphatic hydroxyl groups is 1. The highest BCUT2D eigenvalue weighted by Crippen LogP contribution is 2.25. The summed E-state index contributed by atoms with van der Waals surface area (Å²) in [5.41, 5.74) is -0.683. The molecule has 2 nitrogen and oxygen atoms in total. The van der Waals surface area contributed by atoms with E-state index in [0.717, 1.165) is 6.42 Å². The minimum atomic E-state index is -0.683. The van der Waals surface area contributed by atoms with Gasteiger partial charge in [0.1, 0.15) is 0 Å². The number of hydrogen-bond acceptors (Lipinski definition) is 2. The molecular formula is C9H14O2. The van der Waals surface area contributed by atoms with Crippen LogP contribution in [0.1, 0.15) is 26.7 Å². The Bertz CT molecular complexity index is 186. The van der Waals surface area contributed by atoms with Crippen LogP contribution in [0.4, 0.5) is 0 Å². The summed E-state index contributed by atoms with van der Waals surface area (Å²) in [6, 6.07) is 0. The Morgan fingerprint density at radius 3 is 2.64 bits per heavy atom. The summed E-state index contributed by atoms with van der Waals surface area (Å²) in [4.78, 5) is 10.8. The van der Waals surface area contributed by atoms with E-state index >= 15 is 0 Å². The number of hydrogen-bond donors (Lipinski definition) is 1. The molecule has 0 aromatic carbocycles. The van der Waals surface area contributed by atoms with Gasteiger partial charge < -0.3 is 5.11 Å². The van der Waals surface area contributed by atoms with E-state index in [-0.39, 0.29) is 11.7 Å². The Balaban J connectivity index is 2.65. The molecule has 1 N–H and O–H groups in total. The molecule has 0 aromatic heterocycles. The molecule has 0 fully saturated rings. The van der Waals surface area contributed by atoms with E-state index in [2.05, 4.69) is 0 Å². The van der Waals surface area contributed by atoms with Gasteiger partial charge in [0.15, 0.2) is 5.78 Å². The predicted octanol–water partition coefficient (Wildman–Crippen LogP) is 1.29. The van der Waals surface area contributed by atoms with Crippen LogP contribution in [0.2, 0.25) is 0 Å². The van der Waals surface area contributed by atoms with E-state index in [1.165, 1.54) is 0 Å². The fraction of sp³-hybridized carbons (Fsp3) is 0.667. The standard InChI is InChI=1S/C9H14O2/c1-9(2,11)7-3-5-8(10)6-4-7/h3,5,7,11H,4,6H2,1-2H3/t7-/m0/s1. The maximum absolute atomic E-state index is 10.8. The van der Waals surface area contributed by atoms with Crippen molar-refractivity contribution < 1.29 is 9.90 Å². The number of carbonyl (C=O) groups is 1. The minimum Gasteiger partial charge on any atom is -0.390 e. The van der Waals surface area contributed by atoms with Gasteiger partial charge in [0.05, 0.1) is 5.60 Å². The lowest BCUT2D eigenvalue weighted by molar-refractivity contribution is -0.115. The van der Waals surface area contributed by atoms with E-state index < -0.39 is 5.60 Å². The summed E-state index contributed by atoms with van der Waals surface area (Å²) in [6.45, 7) is 3.55. The van der Waals surface area contributed by atoms with Crippen LogP contribution in [0, 0.1) is 5.92 Å². The zero-order valence-electron chi connectivity index (χ0n) is 7.00. The van der Waals surface area contributed by atoms with Crippen LogP contribution in [0.5, 0.6) is 0 Å². The van der Waals surface area contributed by atoms with Crippen LogP contribution in [-0.4, -0.2) is 16.5 Å². The molecule has 1 atom stereocenters. The van der Waals surface area contributed by atoms with Gasteiger partial charge in [-0.05, 0) is 26.3 Å². The quantitative estimate of drug-likeness (QED) is 0.618. The Morgan fingerprint density at radius 2 is 2.27 bits per heavy atom. The maximum atomic E-state index is 10.8. The zero-order valence-corrected chi connectivity index (χ0v) is 7.00. The lowest BCUT2D eigenvalue weighted by atomic mass is 9.83. The molecule has 0 radical (unpaired) electrons. The molecule has 0 amide bonds. The average molecular weight is 154 g/mol. The summed E-state index contributed by atoms with van der Waals surface area (Å²) < 4.78 is 0. The SMILES string of the molecule is CC(C)(O)[C@H]1C=CC(=O)CC1. The van der Waals surface area contributed by atoms with Crippen LogP contribution >= 0.6 is 0 Å². The van der Waals surface area contributed by atoms with Crippen LogP contribution in [-0.2, 0) is 4.79 Å². The topological polar surface area (TPSA) is 37.3 Å². The third kappa shape index (κ3) is 2.15. The van der Waals surface area contributed by atoms with Crippen LogP contribution in [0.3, 0.4) is 0 Å². The zero-order chi connectivity index (χ0) is 8.48. The van der Waals surface area contributed by atoms with Crippen molar-refractivity contribution in [2.45, 2.75) is 32.3 Å². The molecule has 0 aromatic rings. The first-order chi connectivity index (χ1) is 5.00. The second-order valence-electron chi connectivity index (χ2n) is 3.62. The maximum Gasteiger partial charge on any atom is 0.155 e. The van der Waals surface area contributed by atoms with Crippen molar-refractivity contribution in [3.8, 4) is 0 Å². The molecule has 11 heavy (non-hydrogen) atoms. The Morgan fingerprint density at radius 1 is 1.64 bits per heavy atom. The molecule has 1 aliphatic rings. The molecule has 0 saturated carbocycles. The average Bonchev–Trinajstić information content (AvgIpc) is 1.86. The molecule has 0 saturated heterocycles. The van der Waals surface area contributed by atoms with Gasteiger partial charge in [-0.25, -0.2) is 0 Å². The van der Waals surface area contributed by atoms with Crippen molar-refractivity contribution >= 4 is 5.78 Å². The fourth-order valence-electron chi connectivity index (χ4n) is 1.29. The van der Waals surface area contributed by atoms with Gasteiger partial charge in [-0.15, -0.1) is 0 Å². The highest BCUT2D eigenvalue weighted by atomic mass is 16.3. The second-order valence-corrected chi connectivity index (χ2v) is 3.62. The number of ketones is 1. The molecule has 2 heteroatoms. The summed E-state index contributed by atoms with van der Waals surface area (Å²) >= 11 is 0. The van der Waals surface area contributed by atoms with E-state index in [1.807, 2.05) is 6.08 Å². The van der Waals surface area contributed by atoms with Crippen LogP contribution in [0.15, 0.2) is 12.2 Å². The highest BCUT2D eigenvalue weighted by Gasteiger charge is 2.26. The fourth-order valence-corrected chi connectivity index (χ4v) is 1.29. The van der Waals surface area contributed by atoms with Crippen molar-refractivity contribution in [3.05, 3.63) is 12.2 Å². The molecular weight excluding hydrogens is 140 g/mol. The number of allylic oxidation sites excluding steroid dienone is 1. The molecule has 1 aliphatic carbocycles. The van der Waals surface area contributed by atoms with Crippen molar-refractivity contribution in [3.63, 3.8) is 0 Å².